The van der Waals surface area contributed by atoms with Crippen molar-refractivity contribution >= 4 is 17.3 Å². The normalized spacial score (nSPS) is 10.7. The first-order chi connectivity index (χ1) is 9.73. The Morgan fingerprint density at radius 3 is 2.29 bits per heavy atom. The van der Waals surface area contributed by atoms with Crippen LogP contribution in [-0.2, 0) is 4.79 Å². The maximum atomic E-state index is 14.0. The number of benzene rings is 1. The molecule has 0 heterocycles. The average Bonchev–Trinajstić information content (AvgIpc) is 2.35. The zero-order valence-corrected chi connectivity index (χ0v) is 11.7. The summed E-state index contributed by atoms with van der Waals surface area (Å²) in [5.41, 5.74) is -1.04. The van der Waals surface area contributed by atoms with Crippen LogP contribution in [0.15, 0.2) is 12.1 Å². The van der Waals surface area contributed by atoms with E-state index in [9.17, 15) is 23.7 Å². The van der Waals surface area contributed by atoms with Crippen molar-refractivity contribution in [2.45, 2.75) is 32.7 Å². The van der Waals surface area contributed by atoms with Crippen molar-refractivity contribution < 1.29 is 23.6 Å². The highest BCUT2D eigenvalue weighted by molar-refractivity contribution is 5.66. The van der Waals surface area contributed by atoms with Crippen molar-refractivity contribution in [3.05, 3.63) is 33.9 Å². The molecule has 0 unspecified atom stereocenters. The van der Waals surface area contributed by atoms with Gasteiger partial charge < -0.3 is 10.0 Å². The minimum Gasteiger partial charge on any atom is -0.481 e. The molecule has 0 fully saturated rings. The van der Waals surface area contributed by atoms with Crippen molar-refractivity contribution in [1.29, 1.82) is 0 Å². The van der Waals surface area contributed by atoms with E-state index in [2.05, 4.69) is 0 Å². The van der Waals surface area contributed by atoms with E-state index >= 15 is 0 Å². The second-order valence-corrected chi connectivity index (χ2v) is 4.80. The van der Waals surface area contributed by atoms with Crippen molar-refractivity contribution in [2.24, 2.45) is 0 Å². The van der Waals surface area contributed by atoms with E-state index in [-0.39, 0.29) is 31.1 Å². The first-order valence-corrected chi connectivity index (χ1v) is 6.36. The molecule has 1 aromatic carbocycles. The Hall–Kier alpha value is -2.25. The fourth-order valence-corrected chi connectivity index (χ4v) is 1.96. The van der Waals surface area contributed by atoms with Crippen LogP contribution in [0.4, 0.5) is 20.2 Å². The largest absolute Gasteiger partial charge is 0.481 e. The Kier molecular flexibility index (Phi) is 5.57. The van der Waals surface area contributed by atoms with Crippen LogP contribution in [0.5, 0.6) is 0 Å². The number of hydrogen-bond acceptors (Lipinski definition) is 4. The van der Waals surface area contributed by atoms with Crippen LogP contribution in [-0.4, -0.2) is 28.6 Å². The van der Waals surface area contributed by atoms with Crippen LogP contribution >= 0.6 is 0 Å². The molecule has 1 rings (SSSR count). The molecule has 8 heteroatoms. The fraction of sp³-hybridized carbons (Fsp3) is 0.462. The lowest BCUT2D eigenvalue weighted by Crippen LogP contribution is -2.33. The van der Waals surface area contributed by atoms with E-state index in [1.165, 1.54) is 4.90 Å². The lowest BCUT2D eigenvalue weighted by molar-refractivity contribution is -0.385. The molecule has 0 aromatic heterocycles. The molecule has 1 N–H and O–H groups in total. The standard InChI is InChI=1S/C13H16F2N2O4/c1-8(2)16(5-3-4-12(18)19)13-10(14)6-9(17(20)21)7-11(13)15/h6-8H,3-5H2,1-2H3,(H,18,19). The molecule has 0 aliphatic rings. The summed E-state index contributed by atoms with van der Waals surface area (Å²) in [6.45, 7) is 3.53. The number of rotatable bonds is 7. The Balaban J connectivity index is 3.08. The summed E-state index contributed by atoms with van der Waals surface area (Å²) >= 11 is 0. The molecule has 0 saturated heterocycles. The molecule has 0 atom stereocenters. The van der Waals surface area contributed by atoms with Crippen molar-refractivity contribution in [2.75, 3.05) is 11.4 Å². The van der Waals surface area contributed by atoms with Gasteiger partial charge in [0.2, 0.25) is 0 Å². The van der Waals surface area contributed by atoms with Gasteiger partial charge in [-0.2, -0.15) is 0 Å². The molecular weight excluding hydrogens is 286 g/mol. The Morgan fingerprint density at radius 1 is 1.38 bits per heavy atom. The third kappa shape index (κ3) is 4.37. The highest BCUT2D eigenvalue weighted by atomic mass is 19.1. The zero-order chi connectivity index (χ0) is 16.2. The van der Waals surface area contributed by atoms with Gasteiger partial charge in [0.15, 0.2) is 11.6 Å². The summed E-state index contributed by atoms with van der Waals surface area (Å²) in [7, 11) is 0. The summed E-state index contributed by atoms with van der Waals surface area (Å²) in [6, 6.07) is 1.03. The number of aliphatic carboxylic acids is 1. The Bertz CT molecular complexity index is 526. The number of nitrogens with zero attached hydrogens (tertiary/aromatic N) is 2. The van der Waals surface area contributed by atoms with E-state index in [1.807, 2.05) is 0 Å². The van der Waals surface area contributed by atoms with E-state index in [0.717, 1.165) is 0 Å². The van der Waals surface area contributed by atoms with Crippen LogP contribution < -0.4 is 4.90 Å². The lowest BCUT2D eigenvalue weighted by atomic mass is 10.1. The zero-order valence-electron chi connectivity index (χ0n) is 11.7. The van der Waals surface area contributed by atoms with Crippen molar-refractivity contribution in [1.82, 2.24) is 0 Å². The smallest absolute Gasteiger partial charge is 0.303 e. The number of nitro groups is 1. The van der Waals surface area contributed by atoms with Gasteiger partial charge in [-0.15, -0.1) is 0 Å². The van der Waals surface area contributed by atoms with E-state index < -0.39 is 28.2 Å². The quantitative estimate of drug-likeness (QED) is 0.618. The molecule has 0 saturated carbocycles. The minimum atomic E-state index is -1.04. The molecule has 0 aliphatic carbocycles. The summed E-state index contributed by atoms with van der Waals surface area (Å²) in [6.07, 6.45) is 0.0861. The third-order valence-corrected chi connectivity index (χ3v) is 2.91. The van der Waals surface area contributed by atoms with Gasteiger partial charge in [0, 0.05) is 19.0 Å². The maximum absolute atomic E-state index is 14.0. The average molecular weight is 302 g/mol. The number of nitro benzene ring substituents is 1. The molecule has 21 heavy (non-hydrogen) atoms. The highest BCUT2D eigenvalue weighted by Gasteiger charge is 2.23. The van der Waals surface area contributed by atoms with Crippen LogP contribution in [0.1, 0.15) is 26.7 Å². The lowest BCUT2D eigenvalue weighted by Gasteiger charge is -2.29. The highest BCUT2D eigenvalue weighted by Crippen LogP contribution is 2.29. The maximum Gasteiger partial charge on any atom is 0.303 e. The van der Waals surface area contributed by atoms with E-state index in [0.29, 0.717) is 12.1 Å². The second-order valence-electron chi connectivity index (χ2n) is 4.80. The van der Waals surface area contributed by atoms with Crippen LogP contribution in [0.3, 0.4) is 0 Å². The van der Waals surface area contributed by atoms with Crippen molar-refractivity contribution in [3.8, 4) is 0 Å². The Labute approximate surface area is 120 Å². The minimum absolute atomic E-state index is 0.126. The van der Waals surface area contributed by atoms with Gasteiger partial charge in [-0.25, -0.2) is 8.78 Å². The van der Waals surface area contributed by atoms with E-state index in [1.54, 1.807) is 13.8 Å². The van der Waals surface area contributed by atoms with E-state index in [4.69, 9.17) is 5.11 Å². The number of hydrogen-bond donors (Lipinski definition) is 1. The predicted octanol–water partition coefficient (Wildman–Crippen LogP) is 2.95. The van der Waals surface area contributed by atoms with Gasteiger partial charge in [-0.05, 0) is 20.3 Å². The van der Waals surface area contributed by atoms with Crippen LogP contribution in [0.25, 0.3) is 0 Å². The molecule has 0 amide bonds. The molecule has 0 aliphatic heterocycles. The fourth-order valence-electron chi connectivity index (χ4n) is 1.96. The second kappa shape index (κ2) is 6.96. The summed E-state index contributed by atoms with van der Waals surface area (Å²) in [4.78, 5) is 21.5. The van der Waals surface area contributed by atoms with Gasteiger partial charge in [-0.3, -0.25) is 14.9 Å². The summed E-state index contributed by atoms with van der Waals surface area (Å²) in [5.74, 6) is -3.07. The topological polar surface area (TPSA) is 83.7 Å². The third-order valence-electron chi connectivity index (χ3n) is 2.91. The molecule has 0 spiro atoms. The number of non-ortho nitro benzene ring substituents is 1. The Morgan fingerprint density at radius 2 is 1.90 bits per heavy atom. The first kappa shape index (κ1) is 16.8. The van der Waals surface area contributed by atoms with Gasteiger partial charge >= 0.3 is 5.97 Å². The van der Waals surface area contributed by atoms with Crippen LogP contribution in [0, 0.1) is 21.7 Å². The number of carboxylic acids is 1. The summed E-state index contributed by atoms with van der Waals surface area (Å²) in [5, 5.41) is 19.2. The molecule has 116 valence electrons. The first-order valence-electron chi connectivity index (χ1n) is 6.36. The molecule has 1 aromatic rings. The van der Waals surface area contributed by atoms with Gasteiger partial charge in [0.1, 0.15) is 5.69 Å². The number of anilines is 1. The van der Waals surface area contributed by atoms with Gasteiger partial charge in [0.05, 0.1) is 17.1 Å². The number of carboxylic acid groups (broad SMARTS) is 1. The molecule has 0 bridgehead atoms. The SMILES string of the molecule is CC(C)N(CCCC(=O)O)c1c(F)cc([N+](=O)[O-])cc1F. The number of halogens is 2. The predicted molar refractivity (Wildman–Crippen MR) is 72.4 cm³/mol. The summed E-state index contributed by atoms with van der Waals surface area (Å²) < 4.78 is 27.9. The van der Waals surface area contributed by atoms with Gasteiger partial charge in [-0.1, -0.05) is 0 Å². The molecular formula is C13H16F2N2O4. The van der Waals surface area contributed by atoms with Crippen LogP contribution in [0.2, 0.25) is 0 Å². The monoisotopic (exact) mass is 302 g/mol. The molecule has 6 nitrogen and oxygen atoms in total. The van der Waals surface area contributed by atoms with Gasteiger partial charge in [0.25, 0.3) is 5.69 Å². The number of carbonyl (C=O) groups is 1. The van der Waals surface area contributed by atoms with Crippen molar-refractivity contribution in [3.63, 3.8) is 0 Å². The molecule has 0 radical (unpaired) electrons.